The van der Waals surface area contributed by atoms with Crippen LogP contribution in [-0.2, 0) is 12.8 Å². The number of carbonyl (C=O) groups is 2. The van der Waals surface area contributed by atoms with Crippen molar-refractivity contribution in [3.63, 3.8) is 0 Å². The minimum Gasteiger partial charge on any atom is -0.274 e. The fraction of sp³-hybridized carbons (Fsp3) is 0.667. The lowest BCUT2D eigenvalue weighted by atomic mass is 10.0. The summed E-state index contributed by atoms with van der Waals surface area (Å²) < 4.78 is 0. The molecule has 6 heteroatoms. The number of thiophene rings is 3. The van der Waals surface area contributed by atoms with Gasteiger partial charge in [0.25, 0.3) is 11.8 Å². The number of carbonyl (C=O) groups excluding carboxylic acids is 2. The molecular formula is C42H63NO2S3. The van der Waals surface area contributed by atoms with Crippen molar-refractivity contribution in [3.05, 3.63) is 45.1 Å². The maximum absolute atomic E-state index is 14.2. The molecule has 3 nitrogen and oxygen atoms in total. The van der Waals surface area contributed by atoms with E-state index in [2.05, 4.69) is 43.7 Å². The van der Waals surface area contributed by atoms with Gasteiger partial charge in [-0.3, -0.25) is 14.5 Å². The van der Waals surface area contributed by atoms with Gasteiger partial charge in [0, 0.05) is 16.3 Å². The summed E-state index contributed by atoms with van der Waals surface area (Å²) in [5, 5.41) is 4.37. The third-order valence-corrected chi connectivity index (χ3v) is 13.5. The normalized spacial score (nSPS) is 12.9. The molecule has 3 aromatic rings. The topological polar surface area (TPSA) is 37.4 Å². The summed E-state index contributed by atoms with van der Waals surface area (Å²) in [5.74, 6) is -0.118. The predicted octanol–water partition coefficient (Wildman–Crippen LogP) is 14.5. The summed E-state index contributed by atoms with van der Waals surface area (Å²) in [7, 11) is 0. The zero-order valence-corrected chi connectivity index (χ0v) is 32.9. The highest BCUT2D eigenvalue weighted by molar-refractivity contribution is 7.26. The summed E-state index contributed by atoms with van der Waals surface area (Å²) in [6.45, 7) is 7.34. The van der Waals surface area contributed by atoms with E-state index in [9.17, 15) is 9.59 Å². The SMILES string of the molecule is CCCCCCCCCCCCN1C(=O)c2c(-c3sccc3CCCCCCCC)sc(-c3sccc3CCCCCCCC)c2C1=O. The predicted molar refractivity (Wildman–Crippen MR) is 212 cm³/mol. The first kappa shape index (κ1) is 39.0. The van der Waals surface area contributed by atoms with Gasteiger partial charge in [-0.25, -0.2) is 0 Å². The molecule has 48 heavy (non-hydrogen) atoms. The average Bonchev–Trinajstić information content (AvgIpc) is 3.88. The van der Waals surface area contributed by atoms with Crippen LogP contribution < -0.4 is 0 Å². The minimum atomic E-state index is -0.0589. The largest absolute Gasteiger partial charge is 0.274 e. The van der Waals surface area contributed by atoms with Crippen LogP contribution in [0.3, 0.4) is 0 Å². The molecule has 4 rings (SSSR count). The van der Waals surface area contributed by atoms with Gasteiger partial charge in [0.1, 0.15) is 0 Å². The third-order valence-electron chi connectivity index (χ3n) is 10.1. The first-order valence-electron chi connectivity index (χ1n) is 19.8. The molecular weight excluding hydrogens is 647 g/mol. The van der Waals surface area contributed by atoms with Crippen LogP contribution in [0.1, 0.15) is 194 Å². The van der Waals surface area contributed by atoms with Gasteiger partial charge in [0.2, 0.25) is 0 Å². The summed E-state index contributed by atoms with van der Waals surface area (Å²) in [4.78, 5) is 34.4. The average molecular weight is 710 g/mol. The second-order valence-corrected chi connectivity index (χ2v) is 16.9. The molecule has 1 aliphatic heterocycles. The minimum absolute atomic E-state index is 0.0589. The standard InChI is InChI=1S/C42H63NO2S3/c1-4-7-10-13-16-17-18-19-22-25-30-43-41(44)35-36(42(43)45)40(38-34(29-32-47-38)27-24-21-15-12-9-6-3)48-39(35)37-33(28-31-46-37)26-23-20-14-11-8-5-2/h28-29,31-32H,4-27,30H2,1-3H3. The van der Waals surface area contributed by atoms with Crippen LogP contribution in [0.5, 0.6) is 0 Å². The molecule has 0 atom stereocenters. The van der Waals surface area contributed by atoms with Crippen molar-refractivity contribution in [2.75, 3.05) is 6.54 Å². The van der Waals surface area contributed by atoms with E-state index >= 15 is 0 Å². The zero-order chi connectivity index (χ0) is 34.0. The van der Waals surface area contributed by atoms with Crippen molar-refractivity contribution in [2.45, 2.75) is 175 Å². The van der Waals surface area contributed by atoms with Crippen LogP contribution in [0.2, 0.25) is 0 Å². The second-order valence-electron chi connectivity index (χ2n) is 14.0. The lowest BCUT2D eigenvalue weighted by molar-refractivity contribution is 0.0652. The fourth-order valence-electron chi connectivity index (χ4n) is 7.14. The van der Waals surface area contributed by atoms with Gasteiger partial charge in [0.15, 0.2) is 0 Å². The van der Waals surface area contributed by atoms with Crippen LogP contribution in [0.25, 0.3) is 19.5 Å². The molecule has 0 saturated carbocycles. The number of amides is 2. The summed E-state index contributed by atoms with van der Waals surface area (Å²) in [5.41, 5.74) is 4.08. The lowest BCUT2D eigenvalue weighted by Crippen LogP contribution is -2.31. The first-order chi connectivity index (χ1) is 23.6. The van der Waals surface area contributed by atoms with Gasteiger partial charge in [-0.15, -0.1) is 34.0 Å². The maximum atomic E-state index is 14.2. The fourth-order valence-corrected chi connectivity index (χ4v) is 10.7. The van der Waals surface area contributed by atoms with E-state index < -0.39 is 0 Å². The molecule has 1 aliphatic rings. The molecule has 0 unspecified atom stereocenters. The van der Waals surface area contributed by atoms with E-state index in [0.29, 0.717) is 17.7 Å². The van der Waals surface area contributed by atoms with Crippen molar-refractivity contribution in [3.8, 4) is 19.5 Å². The monoisotopic (exact) mass is 709 g/mol. The number of rotatable bonds is 27. The number of fused-ring (bicyclic) bond motifs is 1. The summed E-state index contributed by atoms with van der Waals surface area (Å²) in [6, 6.07) is 4.52. The summed E-state index contributed by atoms with van der Waals surface area (Å²) in [6.07, 6.45) is 29.8. The highest BCUT2D eigenvalue weighted by Gasteiger charge is 2.42. The van der Waals surface area contributed by atoms with Gasteiger partial charge >= 0.3 is 0 Å². The number of imide groups is 1. The van der Waals surface area contributed by atoms with E-state index in [4.69, 9.17) is 0 Å². The molecule has 0 aromatic carbocycles. The molecule has 0 aliphatic carbocycles. The Morgan fingerprint density at radius 2 is 0.812 bits per heavy atom. The van der Waals surface area contributed by atoms with Crippen LogP contribution in [0, 0.1) is 0 Å². The maximum Gasteiger partial charge on any atom is 0.263 e. The smallest absolute Gasteiger partial charge is 0.263 e. The van der Waals surface area contributed by atoms with Crippen molar-refractivity contribution in [1.29, 1.82) is 0 Å². The molecule has 266 valence electrons. The van der Waals surface area contributed by atoms with Gasteiger partial charge in [-0.1, -0.05) is 143 Å². The quantitative estimate of drug-likeness (QED) is 0.0584. The molecule has 0 radical (unpaired) electrons. The lowest BCUT2D eigenvalue weighted by Gasteiger charge is -2.15. The van der Waals surface area contributed by atoms with Crippen molar-refractivity contribution >= 4 is 45.8 Å². The molecule has 0 fully saturated rings. The summed E-state index contributed by atoms with van der Waals surface area (Å²) >= 11 is 5.21. The Labute approximate surface area is 304 Å². The Hall–Kier alpha value is -1.76. The van der Waals surface area contributed by atoms with Gasteiger partial charge < -0.3 is 0 Å². The second kappa shape index (κ2) is 22.1. The Bertz CT molecular complexity index is 1280. The number of hydrogen-bond acceptors (Lipinski definition) is 5. The highest BCUT2D eigenvalue weighted by atomic mass is 32.1. The van der Waals surface area contributed by atoms with Crippen molar-refractivity contribution < 1.29 is 9.59 Å². The van der Waals surface area contributed by atoms with Crippen LogP contribution in [-0.4, -0.2) is 23.3 Å². The molecule has 4 heterocycles. The van der Waals surface area contributed by atoms with Crippen molar-refractivity contribution in [1.82, 2.24) is 4.90 Å². The van der Waals surface area contributed by atoms with Gasteiger partial charge in [-0.05, 0) is 66.1 Å². The van der Waals surface area contributed by atoms with E-state index in [1.54, 1.807) is 38.9 Å². The van der Waals surface area contributed by atoms with Crippen LogP contribution in [0.4, 0.5) is 0 Å². The van der Waals surface area contributed by atoms with Crippen LogP contribution in [0.15, 0.2) is 22.9 Å². The van der Waals surface area contributed by atoms with E-state index in [1.807, 2.05) is 0 Å². The number of aryl methyl sites for hydroxylation is 2. The van der Waals surface area contributed by atoms with Crippen LogP contribution >= 0.6 is 34.0 Å². The molecule has 0 N–H and O–H groups in total. The number of unbranched alkanes of at least 4 members (excludes halogenated alkanes) is 19. The zero-order valence-electron chi connectivity index (χ0n) is 30.5. The first-order valence-corrected chi connectivity index (χ1v) is 22.4. The van der Waals surface area contributed by atoms with E-state index in [1.165, 1.54) is 149 Å². The van der Waals surface area contributed by atoms with Gasteiger partial charge in [-0.2, -0.15) is 0 Å². The molecule has 2 amide bonds. The van der Waals surface area contributed by atoms with E-state index in [-0.39, 0.29) is 11.8 Å². The molecule has 0 bridgehead atoms. The third kappa shape index (κ3) is 11.1. The van der Waals surface area contributed by atoms with Crippen molar-refractivity contribution in [2.24, 2.45) is 0 Å². The Morgan fingerprint density at radius 3 is 1.21 bits per heavy atom. The Kier molecular flexibility index (Phi) is 18.0. The molecule has 3 aromatic heterocycles. The Balaban J connectivity index is 1.49. The molecule has 0 saturated heterocycles. The number of hydrogen-bond donors (Lipinski definition) is 0. The highest BCUT2D eigenvalue weighted by Crippen LogP contribution is 2.50. The Morgan fingerprint density at radius 1 is 0.458 bits per heavy atom. The number of nitrogens with zero attached hydrogens (tertiary/aromatic N) is 1. The van der Waals surface area contributed by atoms with Gasteiger partial charge in [0.05, 0.1) is 20.9 Å². The van der Waals surface area contributed by atoms with E-state index in [0.717, 1.165) is 35.4 Å². The molecule has 0 spiro atoms.